The maximum atomic E-state index is 4.49. The number of likely N-dealkylation sites (tertiary alicyclic amines) is 1. The van der Waals surface area contributed by atoms with Crippen LogP contribution in [0.2, 0.25) is 0 Å². The summed E-state index contributed by atoms with van der Waals surface area (Å²) in [5, 5.41) is 3.59. The lowest BCUT2D eigenvalue weighted by atomic mass is 10.1. The first kappa shape index (κ1) is 16.1. The lowest BCUT2D eigenvalue weighted by Crippen LogP contribution is -2.53. The van der Waals surface area contributed by atoms with E-state index in [1.807, 2.05) is 7.05 Å². The van der Waals surface area contributed by atoms with E-state index in [1.54, 1.807) is 0 Å². The summed E-state index contributed by atoms with van der Waals surface area (Å²) < 4.78 is 0. The van der Waals surface area contributed by atoms with E-state index in [9.17, 15) is 0 Å². The minimum absolute atomic E-state index is 0.752. The van der Waals surface area contributed by atoms with Crippen molar-refractivity contribution < 1.29 is 0 Å². The van der Waals surface area contributed by atoms with Crippen molar-refractivity contribution in [3.05, 3.63) is 30.3 Å². The molecule has 2 heterocycles. The highest BCUT2D eigenvalue weighted by atomic mass is 15.3. The number of anilines is 1. The normalized spacial score (nSPS) is 23.4. The third-order valence-corrected chi connectivity index (χ3v) is 4.95. The molecular formula is C18H29N5. The van der Waals surface area contributed by atoms with Gasteiger partial charge in [0.15, 0.2) is 5.96 Å². The van der Waals surface area contributed by atoms with Crippen LogP contribution in [-0.2, 0) is 0 Å². The zero-order valence-corrected chi connectivity index (χ0v) is 14.4. The molecule has 0 aliphatic carbocycles. The smallest absolute Gasteiger partial charge is 0.193 e. The van der Waals surface area contributed by atoms with Crippen LogP contribution >= 0.6 is 0 Å². The van der Waals surface area contributed by atoms with Gasteiger partial charge in [-0.1, -0.05) is 18.2 Å². The Morgan fingerprint density at radius 2 is 1.87 bits per heavy atom. The van der Waals surface area contributed by atoms with Gasteiger partial charge in [-0.15, -0.1) is 0 Å². The van der Waals surface area contributed by atoms with Gasteiger partial charge in [0.1, 0.15) is 0 Å². The number of nitrogens with one attached hydrogen (secondary N) is 1. The van der Waals surface area contributed by atoms with Gasteiger partial charge in [-0.2, -0.15) is 0 Å². The van der Waals surface area contributed by atoms with Crippen LogP contribution in [0, 0.1) is 5.92 Å². The minimum Gasteiger partial charge on any atom is -0.368 e. The van der Waals surface area contributed by atoms with E-state index in [0.29, 0.717) is 0 Å². The molecule has 23 heavy (non-hydrogen) atoms. The van der Waals surface area contributed by atoms with Crippen LogP contribution in [0.3, 0.4) is 0 Å². The van der Waals surface area contributed by atoms with Crippen LogP contribution in [0.4, 0.5) is 5.69 Å². The number of guanidine groups is 1. The molecule has 0 bridgehead atoms. The average molecular weight is 315 g/mol. The van der Waals surface area contributed by atoms with E-state index in [0.717, 1.165) is 44.6 Å². The second kappa shape index (κ2) is 7.68. The number of rotatable bonds is 3. The fourth-order valence-corrected chi connectivity index (χ4v) is 3.58. The molecule has 0 radical (unpaired) electrons. The van der Waals surface area contributed by atoms with Gasteiger partial charge in [-0.3, -0.25) is 4.99 Å². The molecule has 3 rings (SSSR count). The van der Waals surface area contributed by atoms with Gasteiger partial charge in [0.05, 0.1) is 0 Å². The van der Waals surface area contributed by atoms with Crippen LogP contribution in [0.15, 0.2) is 35.3 Å². The first-order chi connectivity index (χ1) is 11.3. The topological polar surface area (TPSA) is 34.1 Å². The molecule has 0 aromatic heterocycles. The van der Waals surface area contributed by atoms with Gasteiger partial charge in [-0.05, 0) is 38.1 Å². The molecule has 126 valence electrons. The minimum atomic E-state index is 0.752. The van der Waals surface area contributed by atoms with E-state index in [-0.39, 0.29) is 0 Å². The second-order valence-electron chi connectivity index (χ2n) is 6.65. The van der Waals surface area contributed by atoms with Crippen LogP contribution < -0.4 is 10.2 Å². The summed E-state index contributed by atoms with van der Waals surface area (Å²) in [5.41, 5.74) is 1.32. The summed E-state index contributed by atoms with van der Waals surface area (Å²) in [6.45, 7) is 7.62. The van der Waals surface area contributed by atoms with Crippen molar-refractivity contribution in [3.63, 3.8) is 0 Å². The molecule has 2 fully saturated rings. The lowest BCUT2D eigenvalue weighted by molar-refractivity contribution is 0.363. The SMILES string of the molecule is CN=C(NCC1CCN(C)C1)N1CCN(c2ccccc2)CC1. The van der Waals surface area contributed by atoms with Gasteiger partial charge < -0.3 is 20.0 Å². The third-order valence-electron chi connectivity index (χ3n) is 4.95. The van der Waals surface area contributed by atoms with Gasteiger partial charge in [0.2, 0.25) is 0 Å². The van der Waals surface area contributed by atoms with Gasteiger partial charge in [-0.25, -0.2) is 0 Å². The molecular weight excluding hydrogens is 286 g/mol. The Morgan fingerprint density at radius 1 is 1.13 bits per heavy atom. The fraction of sp³-hybridized carbons (Fsp3) is 0.611. The van der Waals surface area contributed by atoms with E-state index in [4.69, 9.17) is 0 Å². The highest BCUT2D eigenvalue weighted by Crippen LogP contribution is 2.16. The van der Waals surface area contributed by atoms with Crippen LogP contribution in [0.25, 0.3) is 0 Å². The van der Waals surface area contributed by atoms with Crippen molar-refractivity contribution in [1.29, 1.82) is 0 Å². The number of hydrogen-bond acceptors (Lipinski definition) is 3. The summed E-state index contributed by atoms with van der Waals surface area (Å²) in [4.78, 5) is 11.7. The molecule has 1 N–H and O–H groups in total. The summed E-state index contributed by atoms with van der Waals surface area (Å²) >= 11 is 0. The van der Waals surface area contributed by atoms with Gasteiger partial charge >= 0.3 is 0 Å². The zero-order chi connectivity index (χ0) is 16.1. The predicted octanol–water partition coefficient (Wildman–Crippen LogP) is 1.34. The number of para-hydroxylation sites is 1. The number of benzene rings is 1. The Hall–Kier alpha value is -1.75. The predicted molar refractivity (Wildman–Crippen MR) is 97.2 cm³/mol. The Bertz CT molecular complexity index is 507. The second-order valence-corrected chi connectivity index (χ2v) is 6.65. The quantitative estimate of drug-likeness (QED) is 0.674. The van der Waals surface area contributed by atoms with Crippen molar-refractivity contribution in [1.82, 2.24) is 15.1 Å². The van der Waals surface area contributed by atoms with Crippen molar-refractivity contribution in [2.24, 2.45) is 10.9 Å². The molecule has 2 aliphatic rings. The monoisotopic (exact) mass is 315 g/mol. The summed E-state index contributed by atoms with van der Waals surface area (Å²) in [7, 11) is 4.10. The van der Waals surface area contributed by atoms with Crippen molar-refractivity contribution in [2.75, 3.05) is 64.8 Å². The number of hydrogen-bond donors (Lipinski definition) is 1. The standard InChI is InChI=1S/C18H29N5/c1-19-18(20-14-16-8-9-21(2)15-16)23-12-10-22(11-13-23)17-6-4-3-5-7-17/h3-7,16H,8-15H2,1-2H3,(H,19,20). The highest BCUT2D eigenvalue weighted by molar-refractivity contribution is 5.80. The maximum absolute atomic E-state index is 4.49. The number of nitrogens with zero attached hydrogens (tertiary/aromatic N) is 4. The molecule has 1 atom stereocenters. The van der Waals surface area contributed by atoms with E-state index < -0.39 is 0 Å². The summed E-state index contributed by atoms with van der Waals surface area (Å²) in [6.07, 6.45) is 1.29. The van der Waals surface area contributed by atoms with Crippen molar-refractivity contribution in [3.8, 4) is 0 Å². The largest absolute Gasteiger partial charge is 0.368 e. The molecule has 2 saturated heterocycles. The Labute approximate surface area is 140 Å². The third kappa shape index (κ3) is 4.16. The Balaban J connectivity index is 1.47. The average Bonchev–Trinajstić information content (AvgIpc) is 3.02. The van der Waals surface area contributed by atoms with Crippen molar-refractivity contribution >= 4 is 11.6 Å². The number of piperazine rings is 1. The van der Waals surface area contributed by atoms with E-state index in [1.165, 1.54) is 25.2 Å². The van der Waals surface area contributed by atoms with Gasteiger partial charge in [0, 0.05) is 52.0 Å². The fourth-order valence-electron chi connectivity index (χ4n) is 3.58. The zero-order valence-electron chi connectivity index (χ0n) is 14.4. The summed E-state index contributed by atoms with van der Waals surface area (Å²) in [6, 6.07) is 10.7. The molecule has 0 amide bonds. The molecule has 5 nitrogen and oxygen atoms in total. The number of aliphatic imine (C=N–C) groups is 1. The Kier molecular flexibility index (Phi) is 5.39. The first-order valence-electron chi connectivity index (χ1n) is 8.70. The Morgan fingerprint density at radius 3 is 2.48 bits per heavy atom. The maximum Gasteiger partial charge on any atom is 0.193 e. The van der Waals surface area contributed by atoms with Crippen LogP contribution in [0.1, 0.15) is 6.42 Å². The lowest BCUT2D eigenvalue weighted by Gasteiger charge is -2.37. The van der Waals surface area contributed by atoms with Gasteiger partial charge in [0.25, 0.3) is 0 Å². The molecule has 1 aromatic carbocycles. The van der Waals surface area contributed by atoms with Crippen LogP contribution in [-0.4, -0.2) is 75.7 Å². The molecule has 0 saturated carbocycles. The molecule has 0 spiro atoms. The van der Waals surface area contributed by atoms with Crippen LogP contribution in [0.5, 0.6) is 0 Å². The highest BCUT2D eigenvalue weighted by Gasteiger charge is 2.22. The van der Waals surface area contributed by atoms with Crippen molar-refractivity contribution in [2.45, 2.75) is 6.42 Å². The summed E-state index contributed by atoms with van der Waals surface area (Å²) in [5.74, 6) is 1.81. The molecule has 2 aliphatic heterocycles. The molecule has 1 aromatic rings. The van der Waals surface area contributed by atoms with E-state index in [2.05, 4.69) is 62.4 Å². The molecule has 1 unspecified atom stereocenters. The van der Waals surface area contributed by atoms with E-state index >= 15 is 0 Å². The first-order valence-corrected chi connectivity index (χ1v) is 8.70. The molecule has 5 heteroatoms.